The van der Waals surface area contributed by atoms with Gasteiger partial charge in [-0.1, -0.05) is 12.1 Å². The number of fused-ring (bicyclic) bond motifs is 3. The number of aromatic hydroxyl groups is 1. The van der Waals surface area contributed by atoms with Gasteiger partial charge in [-0.3, -0.25) is 4.79 Å². The molecule has 146 valence electrons. The van der Waals surface area contributed by atoms with Crippen LogP contribution in [0.1, 0.15) is 17.0 Å². The van der Waals surface area contributed by atoms with Crippen molar-refractivity contribution in [2.75, 3.05) is 14.2 Å². The number of nitrogens with one attached hydrogen (secondary N) is 1. The number of para-hydroxylation sites is 1. The molecule has 0 saturated carbocycles. The number of methoxy groups -OCH3 is 2. The van der Waals surface area contributed by atoms with E-state index in [-0.39, 0.29) is 40.0 Å². The zero-order chi connectivity index (χ0) is 20.7. The van der Waals surface area contributed by atoms with Crippen molar-refractivity contribution in [3.8, 4) is 29.1 Å². The molecule has 29 heavy (non-hydrogen) atoms. The molecule has 1 unspecified atom stereocenters. The van der Waals surface area contributed by atoms with Crippen LogP contribution < -0.4 is 25.5 Å². The summed E-state index contributed by atoms with van der Waals surface area (Å²) in [6.07, 6.45) is 0. The molecule has 4 rings (SSSR count). The Bertz CT molecular complexity index is 1240. The van der Waals surface area contributed by atoms with Gasteiger partial charge in [0.15, 0.2) is 11.5 Å². The van der Waals surface area contributed by atoms with Crippen LogP contribution in [0, 0.1) is 11.3 Å². The number of ether oxygens (including phenoxy) is 3. The van der Waals surface area contributed by atoms with Crippen molar-refractivity contribution in [2.45, 2.75) is 5.92 Å². The second-order valence-electron chi connectivity index (χ2n) is 6.44. The fraction of sp³-hybridized carbons (Fsp3) is 0.143. The summed E-state index contributed by atoms with van der Waals surface area (Å²) in [6, 6.07) is 12.3. The molecule has 1 atom stereocenters. The second kappa shape index (κ2) is 6.80. The number of benzene rings is 2. The first-order chi connectivity index (χ1) is 14.0. The molecule has 0 bridgehead atoms. The van der Waals surface area contributed by atoms with Gasteiger partial charge in [-0.05, 0) is 29.8 Å². The Hall–Kier alpha value is -4.12. The molecule has 3 aromatic rings. The first kappa shape index (κ1) is 18.3. The van der Waals surface area contributed by atoms with E-state index in [1.807, 2.05) is 12.1 Å². The Labute approximate surface area is 165 Å². The minimum Gasteiger partial charge on any atom is -0.502 e. The molecule has 1 aliphatic heterocycles. The number of aromatic amines is 1. The molecule has 0 radical (unpaired) electrons. The first-order valence-electron chi connectivity index (χ1n) is 8.67. The second-order valence-corrected chi connectivity index (χ2v) is 6.44. The Balaban J connectivity index is 2.08. The normalized spacial score (nSPS) is 15.4. The summed E-state index contributed by atoms with van der Waals surface area (Å²) in [5.41, 5.74) is 7.04. The molecule has 0 spiro atoms. The molecule has 0 aliphatic carbocycles. The van der Waals surface area contributed by atoms with E-state index in [9.17, 15) is 15.2 Å². The van der Waals surface area contributed by atoms with Gasteiger partial charge in [-0.2, -0.15) is 5.26 Å². The molecule has 1 aliphatic rings. The smallest absolute Gasteiger partial charge is 0.256 e. The van der Waals surface area contributed by atoms with Gasteiger partial charge in [0, 0.05) is 5.39 Å². The van der Waals surface area contributed by atoms with Crippen LogP contribution in [0.25, 0.3) is 10.9 Å². The number of hydrogen-bond acceptors (Lipinski definition) is 7. The molecule has 8 nitrogen and oxygen atoms in total. The van der Waals surface area contributed by atoms with Crippen LogP contribution >= 0.6 is 0 Å². The maximum atomic E-state index is 13.0. The van der Waals surface area contributed by atoms with Crippen LogP contribution in [0.5, 0.6) is 23.0 Å². The maximum absolute atomic E-state index is 13.0. The molecule has 0 amide bonds. The SMILES string of the molecule is COc1cc(C2C(C#N)=C(N)Oc3c2c(=O)[nH]c2ccccc32)cc(OC)c1O. The minimum atomic E-state index is -0.833. The zero-order valence-corrected chi connectivity index (χ0v) is 15.6. The van der Waals surface area contributed by atoms with Gasteiger partial charge in [0.1, 0.15) is 17.4 Å². The number of hydrogen-bond donors (Lipinski definition) is 3. The third kappa shape index (κ3) is 2.72. The van der Waals surface area contributed by atoms with Gasteiger partial charge in [0.25, 0.3) is 5.56 Å². The third-order valence-electron chi connectivity index (χ3n) is 4.92. The Kier molecular flexibility index (Phi) is 4.28. The Morgan fingerprint density at radius 2 is 1.86 bits per heavy atom. The van der Waals surface area contributed by atoms with Crippen molar-refractivity contribution in [1.82, 2.24) is 4.98 Å². The highest BCUT2D eigenvalue weighted by molar-refractivity contribution is 5.87. The number of nitriles is 1. The summed E-state index contributed by atoms with van der Waals surface area (Å²) < 4.78 is 16.2. The molecule has 4 N–H and O–H groups in total. The van der Waals surface area contributed by atoms with Crippen LogP contribution in [-0.2, 0) is 0 Å². The molecular formula is C21H17N3O5. The average molecular weight is 391 g/mol. The number of nitrogens with zero attached hydrogens (tertiary/aromatic N) is 1. The van der Waals surface area contributed by atoms with E-state index in [1.54, 1.807) is 18.2 Å². The van der Waals surface area contributed by atoms with Crippen molar-refractivity contribution < 1.29 is 19.3 Å². The summed E-state index contributed by atoms with van der Waals surface area (Å²) in [7, 11) is 2.79. The van der Waals surface area contributed by atoms with Gasteiger partial charge in [-0.15, -0.1) is 0 Å². The lowest BCUT2D eigenvalue weighted by atomic mass is 9.83. The number of allylic oxidation sites excluding steroid dienone is 1. The van der Waals surface area contributed by atoms with E-state index in [4.69, 9.17) is 19.9 Å². The molecule has 0 fully saturated rings. The van der Waals surface area contributed by atoms with Crippen LogP contribution in [0.15, 0.2) is 52.6 Å². The minimum absolute atomic E-state index is 0.0769. The van der Waals surface area contributed by atoms with Gasteiger partial charge >= 0.3 is 0 Å². The Morgan fingerprint density at radius 3 is 2.48 bits per heavy atom. The number of phenols is 1. The highest BCUT2D eigenvalue weighted by Crippen LogP contribution is 2.46. The fourth-order valence-corrected chi connectivity index (χ4v) is 3.59. The van der Waals surface area contributed by atoms with Crippen molar-refractivity contribution >= 4 is 10.9 Å². The monoisotopic (exact) mass is 391 g/mol. The molecule has 2 aromatic carbocycles. The Morgan fingerprint density at radius 1 is 1.21 bits per heavy atom. The molecule has 1 aromatic heterocycles. The topological polar surface area (TPSA) is 131 Å². The molecular weight excluding hydrogens is 374 g/mol. The van der Waals surface area contributed by atoms with E-state index in [0.29, 0.717) is 16.5 Å². The summed E-state index contributed by atoms with van der Waals surface area (Å²) in [4.78, 5) is 15.8. The lowest BCUT2D eigenvalue weighted by molar-refractivity contribution is 0.338. The van der Waals surface area contributed by atoms with Crippen LogP contribution in [0.4, 0.5) is 0 Å². The quantitative estimate of drug-likeness (QED) is 0.625. The van der Waals surface area contributed by atoms with E-state index < -0.39 is 11.5 Å². The number of aromatic nitrogens is 1. The van der Waals surface area contributed by atoms with Crippen molar-refractivity contribution in [3.63, 3.8) is 0 Å². The van der Waals surface area contributed by atoms with E-state index >= 15 is 0 Å². The molecule has 0 saturated heterocycles. The fourth-order valence-electron chi connectivity index (χ4n) is 3.59. The van der Waals surface area contributed by atoms with Gasteiger partial charge in [0.2, 0.25) is 11.6 Å². The number of pyridine rings is 1. The van der Waals surface area contributed by atoms with Crippen LogP contribution in [-0.4, -0.2) is 24.3 Å². The number of nitrogens with two attached hydrogens (primary N) is 1. The van der Waals surface area contributed by atoms with Gasteiger partial charge in [-0.25, -0.2) is 0 Å². The predicted octanol–water partition coefficient (Wildman–Crippen LogP) is 2.47. The third-order valence-corrected chi connectivity index (χ3v) is 4.92. The molecule has 2 heterocycles. The zero-order valence-electron chi connectivity index (χ0n) is 15.6. The highest BCUT2D eigenvalue weighted by atomic mass is 16.5. The summed E-state index contributed by atoms with van der Waals surface area (Å²) in [5, 5.41) is 20.6. The highest BCUT2D eigenvalue weighted by Gasteiger charge is 2.35. The average Bonchev–Trinajstić information content (AvgIpc) is 2.73. The van der Waals surface area contributed by atoms with Crippen LogP contribution in [0.2, 0.25) is 0 Å². The van der Waals surface area contributed by atoms with Crippen molar-refractivity contribution in [3.05, 3.63) is 69.3 Å². The first-order valence-corrected chi connectivity index (χ1v) is 8.67. The van der Waals surface area contributed by atoms with E-state index in [2.05, 4.69) is 4.98 Å². The van der Waals surface area contributed by atoms with Gasteiger partial charge in [0.05, 0.1) is 31.2 Å². The largest absolute Gasteiger partial charge is 0.502 e. The number of rotatable bonds is 3. The van der Waals surface area contributed by atoms with Crippen molar-refractivity contribution in [1.29, 1.82) is 5.26 Å². The van der Waals surface area contributed by atoms with Gasteiger partial charge < -0.3 is 30.0 Å². The summed E-state index contributed by atoms with van der Waals surface area (Å²) in [6.45, 7) is 0. The van der Waals surface area contributed by atoms with Crippen LogP contribution in [0.3, 0.4) is 0 Å². The van der Waals surface area contributed by atoms with E-state index in [0.717, 1.165) is 0 Å². The standard InChI is InChI=1S/C21H17N3O5/c1-27-14-7-10(8-15(28-2)18(14)25)16-12(9-22)20(23)29-19-11-5-3-4-6-13(11)24-21(26)17(16)19/h3-8,16,25H,23H2,1-2H3,(H,24,26). The number of phenolic OH excluding ortho intramolecular Hbond substituents is 1. The van der Waals surface area contributed by atoms with Crippen molar-refractivity contribution in [2.24, 2.45) is 5.73 Å². The lowest BCUT2D eigenvalue weighted by Gasteiger charge is -2.27. The maximum Gasteiger partial charge on any atom is 0.256 e. The summed E-state index contributed by atoms with van der Waals surface area (Å²) in [5.74, 6) is -0.543. The predicted molar refractivity (Wildman–Crippen MR) is 105 cm³/mol. The lowest BCUT2D eigenvalue weighted by Crippen LogP contribution is -2.27. The molecule has 8 heteroatoms. The van der Waals surface area contributed by atoms with E-state index in [1.165, 1.54) is 26.4 Å². The summed E-state index contributed by atoms with van der Waals surface area (Å²) >= 11 is 0. The number of H-pyrrole nitrogens is 1.